The van der Waals surface area contributed by atoms with Crippen molar-refractivity contribution >= 4 is 48.6 Å². The van der Waals surface area contributed by atoms with Crippen LogP contribution < -0.4 is 14.4 Å². The molecule has 0 unspecified atom stereocenters. The number of para-hydroxylation sites is 1. The summed E-state index contributed by atoms with van der Waals surface area (Å²) in [6, 6.07) is 21.5. The van der Waals surface area contributed by atoms with Crippen molar-refractivity contribution in [3.05, 3.63) is 118 Å². The van der Waals surface area contributed by atoms with Gasteiger partial charge in [-0.25, -0.2) is 21.6 Å². The van der Waals surface area contributed by atoms with Crippen LogP contribution in [0.15, 0.2) is 100 Å². The lowest BCUT2D eigenvalue weighted by molar-refractivity contribution is -0.0436. The van der Waals surface area contributed by atoms with Crippen molar-refractivity contribution in [2.24, 2.45) is 5.41 Å². The highest BCUT2D eigenvalue weighted by molar-refractivity contribution is 7.92. The zero-order valence-corrected chi connectivity index (χ0v) is 35.5. The number of piperazine rings is 1. The molecule has 0 bridgehead atoms. The van der Waals surface area contributed by atoms with E-state index in [1.54, 1.807) is 36.4 Å². The predicted octanol–water partition coefficient (Wildman–Crippen LogP) is 8.95. The quantitative estimate of drug-likeness (QED) is 0.143. The summed E-state index contributed by atoms with van der Waals surface area (Å²) in [5, 5.41) is 10.7. The fourth-order valence-electron chi connectivity index (χ4n) is 7.48. The van der Waals surface area contributed by atoms with Crippen molar-refractivity contribution in [3.8, 4) is 11.5 Å². The first-order chi connectivity index (χ1) is 27.7. The van der Waals surface area contributed by atoms with Crippen LogP contribution in [0.5, 0.6) is 11.5 Å². The highest BCUT2D eigenvalue weighted by Crippen LogP contribution is 2.44. The van der Waals surface area contributed by atoms with E-state index in [1.807, 2.05) is 16.9 Å². The fourth-order valence-corrected chi connectivity index (χ4v) is 9.82. The lowest BCUT2D eigenvalue weighted by Crippen LogP contribution is -2.47. The van der Waals surface area contributed by atoms with Crippen LogP contribution in [0.1, 0.15) is 79.9 Å². The normalized spacial score (nSPS) is 16.7. The maximum Gasteiger partial charge on any atom is 0.501 e. The Balaban J connectivity index is 1.26. The first-order valence-corrected chi connectivity index (χ1v) is 22.5. The summed E-state index contributed by atoms with van der Waals surface area (Å²) >= 11 is 6.20. The topological polar surface area (TPSA) is 133 Å². The highest BCUT2D eigenvalue weighted by Gasteiger charge is 2.48. The number of ether oxygens (including phenoxy) is 1. The van der Waals surface area contributed by atoms with Gasteiger partial charge in [-0.2, -0.15) is 13.2 Å². The van der Waals surface area contributed by atoms with Gasteiger partial charge >= 0.3 is 5.51 Å². The van der Waals surface area contributed by atoms with E-state index >= 15 is 0 Å². The van der Waals surface area contributed by atoms with Crippen molar-refractivity contribution in [1.82, 2.24) is 9.62 Å². The number of rotatable bonds is 12. The molecule has 4 aromatic carbocycles. The Kier molecular flexibility index (Phi) is 12.9. The predicted molar refractivity (Wildman–Crippen MR) is 222 cm³/mol. The smallest absolute Gasteiger partial charge is 0.456 e. The zero-order valence-electron chi connectivity index (χ0n) is 33.1. The number of hydrogen-bond donors (Lipinski definition) is 2. The molecule has 10 nitrogen and oxygen atoms in total. The van der Waals surface area contributed by atoms with Crippen LogP contribution in [-0.4, -0.2) is 71.0 Å². The van der Waals surface area contributed by atoms with E-state index in [0.717, 1.165) is 51.0 Å². The molecular weight excluding hydrogens is 827 g/mol. The number of aliphatic hydroxyl groups is 1. The molecule has 0 saturated carbocycles. The minimum Gasteiger partial charge on any atom is -0.456 e. The Labute approximate surface area is 348 Å². The Morgan fingerprint density at radius 2 is 1.59 bits per heavy atom. The van der Waals surface area contributed by atoms with Crippen LogP contribution in [-0.2, 0) is 26.5 Å². The molecule has 2 aliphatic rings. The summed E-state index contributed by atoms with van der Waals surface area (Å²) < 4.78 is 101. The van der Waals surface area contributed by atoms with Crippen molar-refractivity contribution in [1.29, 1.82) is 0 Å². The van der Waals surface area contributed by atoms with E-state index in [4.69, 9.17) is 16.3 Å². The molecule has 0 atom stereocenters. The number of alkyl halides is 3. The molecule has 1 saturated heterocycles. The molecule has 0 radical (unpaired) electrons. The van der Waals surface area contributed by atoms with Gasteiger partial charge in [0.25, 0.3) is 25.8 Å². The molecule has 1 aliphatic carbocycles. The second-order valence-corrected chi connectivity index (χ2v) is 20.0. The monoisotopic (exact) mass is 873 g/mol. The van der Waals surface area contributed by atoms with Crippen LogP contribution in [0.25, 0.3) is 5.57 Å². The van der Waals surface area contributed by atoms with Gasteiger partial charge in [-0.3, -0.25) is 9.69 Å². The van der Waals surface area contributed by atoms with E-state index in [2.05, 4.69) is 35.8 Å². The lowest BCUT2D eigenvalue weighted by Gasteiger charge is -2.39. The second kappa shape index (κ2) is 17.3. The van der Waals surface area contributed by atoms with E-state index in [0.29, 0.717) is 35.4 Å². The van der Waals surface area contributed by atoms with Gasteiger partial charge < -0.3 is 14.7 Å². The summed E-state index contributed by atoms with van der Waals surface area (Å²) in [5.41, 5.74) is -0.930. The molecular formula is C43H47ClF3N3O7S2. The van der Waals surface area contributed by atoms with E-state index in [1.165, 1.54) is 36.6 Å². The van der Waals surface area contributed by atoms with Gasteiger partial charge in [0.05, 0.1) is 22.0 Å². The Hall–Kier alpha value is -4.41. The van der Waals surface area contributed by atoms with Gasteiger partial charge in [0.1, 0.15) is 11.5 Å². The molecule has 1 amide bonds. The number of nitrogens with zero attached hydrogens (tertiary/aromatic N) is 2. The standard InChI is InChI=1S/C43H47ClF3N3O7S2/c1-28(2)35-16-14-34(24-40(35)58(53,54)43(45,46)47)59(55,56)48-41(52)36-15-13-33(23-39(36)57-38-8-6-5-7-31(38)27-51)50-21-19-49(20-22-50)26-30-17-18-42(3,4)25-37(30)29-9-11-32(44)12-10-29/h5-16,23-24,28,51H,17-22,25-27H2,1-4H3,(H,48,52). The third-order valence-electron chi connectivity index (χ3n) is 10.8. The number of aliphatic hydroxyl groups excluding tert-OH is 1. The Morgan fingerprint density at radius 3 is 2.24 bits per heavy atom. The van der Waals surface area contributed by atoms with E-state index in [9.17, 15) is 39.9 Å². The number of hydrogen-bond acceptors (Lipinski definition) is 9. The molecule has 1 heterocycles. The van der Waals surface area contributed by atoms with Crippen molar-refractivity contribution in [2.75, 3.05) is 37.6 Å². The van der Waals surface area contributed by atoms with Crippen LogP contribution in [0, 0.1) is 5.41 Å². The molecule has 1 fully saturated rings. The molecule has 16 heteroatoms. The summed E-state index contributed by atoms with van der Waals surface area (Å²) in [7, 11) is -10.9. The van der Waals surface area contributed by atoms with Gasteiger partial charge in [0.2, 0.25) is 0 Å². The zero-order chi connectivity index (χ0) is 42.9. The van der Waals surface area contributed by atoms with Crippen LogP contribution in [0.2, 0.25) is 5.02 Å². The average molecular weight is 874 g/mol. The first kappa shape index (κ1) is 44.2. The van der Waals surface area contributed by atoms with Crippen LogP contribution in [0.3, 0.4) is 0 Å². The third kappa shape index (κ3) is 9.97. The van der Waals surface area contributed by atoms with Crippen LogP contribution in [0.4, 0.5) is 18.9 Å². The van der Waals surface area contributed by atoms with Crippen molar-refractivity contribution < 1.29 is 44.6 Å². The molecule has 4 aromatic rings. The fraction of sp³-hybridized carbons (Fsp3) is 0.372. The number of nitrogens with one attached hydrogen (secondary N) is 1. The maximum atomic E-state index is 13.8. The minimum atomic E-state index is -5.94. The number of carbonyl (C=O) groups excluding carboxylic acids is 1. The van der Waals surface area contributed by atoms with Gasteiger partial charge in [-0.15, -0.1) is 0 Å². The number of amides is 1. The number of allylic oxidation sites excluding steroid dienone is 1. The molecule has 6 rings (SSSR count). The maximum absolute atomic E-state index is 13.8. The minimum absolute atomic E-state index is 0.0448. The molecule has 1 aliphatic heterocycles. The van der Waals surface area contributed by atoms with Gasteiger partial charge in [-0.1, -0.05) is 81.3 Å². The number of sulfone groups is 1. The molecule has 0 aromatic heterocycles. The number of sulfonamides is 1. The van der Waals surface area contributed by atoms with E-state index < -0.39 is 53.6 Å². The van der Waals surface area contributed by atoms with Crippen molar-refractivity contribution in [3.63, 3.8) is 0 Å². The molecule has 2 N–H and O–H groups in total. The Morgan fingerprint density at radius 1 is 0.915 bits per heavy atom. The van der Waals surface area contributed by atoms with Gasteiger partial charge in [0, 0.05) is 55.1 Å². The first-order valence-electron chi connectivity index (χ1n) is 19.2. The SMILES string of the molecule is CC(C)c1ccc(S(=O)(=O)NC(=O)c2ccc(N3CCN(CC4=C(c5ccc(Cl)cc5)CC(C)(C)CC4)CC3)cc2Oc2ccccc2CO)cc1S(=O)(=O)C(F)(F)F. The number of halogens is 4. The highest BCUT2D eigenvalue weighted by atomic mass is 35.5. The molecule has 0 spiro atoms. The van der Waals surface area contributed by atoms with Crippen molar-refractivity contribution in [2.45, 2.75) is 74.8 Å². The number of anilines is 1. The molecule has 316 valence electrons. The second-order valence-electron chi connectivity index (χ2n) is 16.0. The number of carbonyl (C=O) groups is 1. The van der Waals surface area contributed by atoms with Gasteiger partial charge in [-0.05, 0) is 89.8 Å². The summed E-state index contributed by atoms with van der Waals surface area (Å²) in [5.74, 6) is -1.71. The average Bonchev–Trinajstić information content (AvgIpc) is 3.18. The largest absolute Gasteiger partial charge is 0.501 e. The lowest BCUT2D eigenvalue weighted by atomic mass is 9.72. The van der Waals surface area contributed by atoms with E-state index in [-0.39, 0.29) is 28.0 Å². The summed E-state index contributed by atoms with van der Waals surface area (Å²) in [6.45, 7) is 10.7. The molecule has 59 heavy (non-hydrogen) atoms. The Bertz CT molecular complexity index is 2460. The third-order valence-corrected chi connectivity index (χ3v) is 14.0. The van der Waals surface area contributed by atoms with Crippen LogP contribution >= 0.6 is 11.6 Å². The van der Waals surface area contributed by atoms with Gasteiger partial charge in [0.15, 0.2) is 0 Å². The number of benzene rings is 4. The summed E-state index contributed by atoms with van der Waals surface area (Å²) in [4.78, 5) is 16.2. The summed E-state index contributed by atoms with van der Waals surface area (Å²) in [6.07, 6.45) is 3.06.